The number of halogens is 3. The van der Waals surface area contributed by atoms with Crippen molar-refractivity contribution in [2.75, 3.05) is 13.2 Å². The van der Waals surface area contributed by atoms with Crippen LogP contribution in [-0.4, -0.2) is 38.3 Å². The van der Waals surface area contributed by atoms with Crippen molar-refractivity contribution in [3.05, 3.63) is 29.8 Å². The number of esters is 1. The summed E-state index contributed by atoms with van der Waals surface area (Å²) in [4.78, 5) is 12.0. The molecule has 1 rings (SSSR count). The Morgan fingerprint density at radius 2 is 1.76 bits per heavy atom. The zero-order valence-electron chi connectivity index (χ0n) is 15.4. The summed E-state index contributed by atoms with van der Waals surface area (Å²) in [6.45, 7) is 7.70. The number of benzene rings is 1. The standard InChI is InChI=1S/C18H27BrF2O3Si/c1-17(2,16(23)24-12-18(20,21)11-22)10-15(19)13-6-8-14(9-7-13)25(3,4)5/h6-9,15,22H,10-12H2,1-5H3. The highest BCUT2D eigenvalue weighted by Crippen LogP contribution is 2.37. The molecule has 0 heterocycles. The summed E-state index contributed by atoms with van der Waals surface area (Å²) < 4.78 is 30.8. The van der Waals surface area contributed by atoms with E-state index < -0.39 is 38.6 Å². The van der Waals surface area contributed by atoms with Crippen LogP contribution in [0.5, 0.6) is 0 Å². The van der Waals surface area contributed by atoms with Gasteiger partial charge in [-0.15, -0.1) is 0 Å². The molecule has 1 atom stereocenters. The first-order valence-electron chi connectivity index (χ1n) is 8.19. The topological polar surface area (TPSA) is 46.5 Å². The first kappa shape index (κ1) is 22.2. The lowest BCUT2D eigenvalue weighted by Gasteiger charge is -2.26. The van der Waals surface area contributed by atoms with E-state index in [0.717, 1.165) is 5.56 Å². The van der Waals surface area contributed by atoms with E-state index in [1.807, 2.05) is 12.1 Å². The van der Waals surface area contributed by atoms with E-state index in [1.165, 1.54) is 5.19 Å². The normalized spacial score (nSPS) is 14.3. The molecule has 25 heavy (non-hydrogen) atoms. The van der Waals surface area contributed by atoms with E-state index in [4.69, 9.17) is 9.84 Å². The molecule has 142 valence electrons. The first-order chi connectivity index (χ1) is 11.3. The predicted molar refractivity (Wildman–Crippen MR) is 102 cm³/mol. The molecule has 3 nitrogen and oxygen atoms in total. The zero-order chi connectivity index (χ0) is 19.5. The van der Waals surface area contributed by atoms with E-state index in [0.29, 0.717) is 6.42 Å². The van der Waals surface area contributed by atoms with E-state index >= 15 is 0 Å². The maximum atomic E-state index is 13.0. The molecule has 1 aromatic rings. The van der Waals surface area contributed by atoms with Gasteiger partial charge in [0.05, 0.1) is 13.5 Å². The van der Waals surface area contributed by atoms with Crippen LogP contribution in [0.25, 0.3) is 0 Å². The van der Waals surface area contributed by atoms with Gasteiger partial charge in [-0.1, -0.05) is 65.0 Å². The molecule has 1 aromatic carbocycles. The average Bonchev–Trinajstić information content (AvgIpc) is 2.51. The summed E-state index contributed by atoms with van der Waals surface area (Å²) in [6, 6.07) is 8.30. The molecule has 0 aliphatic rings. The molecular formula is C18H27BrF2O3Si. The fourth-order valence-electron chi connectivity index (χ4n) is 2.25. The lowest BCUT2D eigenvalue weighted by Crippen LogP contribution is -2.37. The molecule has 0 aliphatic carbocycles. The molecule has 0 aliphatic heterocycles. The van der Waals surface area contributed by atoms with E-state index in [1.54, 1.807) is 13.8 Å². The van der Waals surface area contributed by atoms with Gasteiger partial charge in [0.15, 0.2) is 6.61 Å². The summed E-state index contributed by atoms with van der Waals surface area (Å²) in [5, 5.41) is 9.89. The molecule has 0 saturated carbocycles. The van der Waals surface area contributed by atoms with Crippen LogP contribution in [0.3, 0.4) is 0 Å². The average molecular weight is 437 g/mol. The number of aliphatic hydroxyl groups excluding tert-OH is 1. The van der Waals surface area contributed by atoms with Gasteiger partial charge in [0.2, 0.25) is 0 Å². The van der Waals surface area contributed by atoms with Gasteiger partial charge in [0.25, 0.3) is 0 Å². The van der Waals surface area contributed by atoms with Gasteiger partial charge in [-0.25, -0.2) is 8.78 Å². The van der Waals surface area contributed by atoms with Crippen molar-refractivity contribution >= 4 is 35.2 Å². The summed E-state index contributed by atoms with van der Waals surface area (Å²) >= 11 is 3.58. The van der Waals surface area contributed by atoms with Crippen molar-refractivity contribution < 1.29 is 23.4 Å². The minimum Gasteiger partial charge on any atom is -0.459 e. The Morgan fingerprint density at radius 1 is 1.24 bits per heavy atom. The summed E-state index contributed by atoms with van der Waals surface area (Å²) in [5.41, 5.74) is 0.0977. The molecule has 0 radical (unpaired) electrons. The monoisotopic (exact) mass is 436 g/mol. The summed E-state index contributed by atoms with van der Waals surface area (Å²) in [7, 11) is -1.37. The molecule has 0 amide bonds. The minimum absolute atomic E-state index is 0.0934. The van der Waals surface area contributed by atoms with E-state index in [2.05, 4.69) is 47.7 Å². The number of rotatable bonds is 8. The van der Waals surface area contributed by atoms with Crippen molar-refractivity contribution in [3.63, 3.8) is 0 Å². The first-order valence-corrected chi connectivity index (χ1v) is 12.6. The molecule has 1 unspecified atom stereocenters. The third kappa shape index (κ3) is 6.79. The summed E-state index contributed by atoms with van der Waals surface area (Å²) in [6.07, 6.45) is 0.406. The number of hydrogen-bond donors (Lipinski definition) is 1. The Hall–Kier alpha value is -0.793. The number of carbonyl (C=O) groups is 1. The highest BCUT2D eigenvalue weighted by atomic mass is 79.9. The molecule has 0 bridgehead atoms. The SMILES string of the molecule is CC(C)(CC(Br)c1ccc([Si](C)(C)C)cc1)C(=O)OCC(F)(F)CO. The second kappa shape index (κ2) is 8.27. The highest BCUT2D eigenvalue weighted by molar-refractivity contribution is 9.09. The summed E-state index contributed by atoms with van der Waals surface area (Å²) in [5.74, 6) is -4.12. The fourth-order valence-corrected chi connectivity index (χ4v) is 4.53. The highest BCUT2D eigenvalue weighted by Gasteiger charge is 2.36. The van der Waals surface area contributed by atoms with Gasteiger partial charge >= 0.3 is 11.9 Å². The molecule has 0 aromatic heterocycles. The van der Waals surface area contributed by atoms with Crippen LogP contribution < -0.4 is 5.19 Å². The number of carbonyl (C=O) groups excluding carboxylic acids is 1. The second-order valence-corrected chi connectivity index (χ2v) is 14.2. The molecule has 1 N–H and O–H groups in total. The van der Waals surface area contributed by atoms with Crippen molar-refractivity contribution in [3.8, 4) is 0 Å². The van der Waals surface area contributed by atoms with Gasteiger partial charge in [-0.05, 0) is 25.8 Å². The van der Waals surface area contributed by atoms with Crippen LogP contribution in [0.1, 0.15) is 30.7 Å². The number of aliphatic hydroxyl groups is 1. The van der Waals surface area contributed by atoms with Crippen molar-refractivity contribution in [1.82, 2.24) is 0 Å². The van der Waals surface area contributed by atoms with Gasteiger partial charge in [-0.3, -0.25) is 4.79 Å². The van der Waals surface area contributed by atoms with Crippen LogP contribution >= 0.6 is 15.9 Å². The molecule has 0 spiro atoms. The van der Waals surface area contributed by atoms with Crippen molar-refractivity contribution in [1.29, 1.82) is 0 Å². The molecule has 0 saturated heterocycles. The fraction of sp³-hybridized carbons (Fsp3) is 0.611. The van der Waals surface area contributed by atoms with Crippen molar-refractivity contribution in [2.24, 2.45) is 5.41 Å². The number of alkyl halides is 3. The van der Waals surface area contributed by atoms with Gasteiger partial charge in [0, 0.05) is 4.83 Å². The maximum Gasteiger partial charge on any atom is 0.311 e. The Labute approximate surface area is 157 Å². The lowest BCUT2D eigenvalue weighted by molar-refractivity contribution is -0.169. The Kier molecular flexibility index (Phi) is 7.36. The Balaban J connectivity index is 2.73. The van der Waals surface area contributed by atoms with Crippen LogP contribution in [-0.2, 0) is 9.53 Å². The van der Waals surface area contributed by atoms with Crippen molar-refractivity contribution in [2.45, 2.75) is 50.7 Å². The molecular weight excluding hydrogens is 410 g/mol. The Morgan fingerprint density at radius 3 is 2.20 bits per heavy atom. The Bertz CT molecular complexity index is 583. The van der Waals surface area contributed by atoms with E-state index in [-0.39, 0.29) is 4.83 Å². The van der Waals surface area contributed by atoms with Gasteiger partial charge in [-0.2, -0.15) is 0 Å². The number of hydrogen-bond acceptors (Lipinski definition) is 3. The van der Waals surface area contributed by atoms with Crippen LogP contribution in [0.15, 0.2) is 24.3 Å². The molecule has 7 heteroatoms. The smallest absolute Gasteiger partial charge is 0.311 e. The number of ether oxygens (including phenoxy) is 1. The van der Waals surface area contributed by atoms with Gasteiger partial charge in [0.1, 0.15) is 6.61 Å². The predicted octanol–water partition coefficient (Wildman–Crippen LogP) is 4.25. The van der Waals surface area contributed by atoms with Gasteiger partial charge < -0.3 is 9.84 Å². The maximum absolute atomic E-state index is 13.0. The largest absolute Gasteiger partial charge is 0.459 e. The minimum atomic E-state index is -3.41. The quantitative estimate of drug-likeness (QED) is 0.376. The lowest BCUT2D eigenvalue weighted by atomic mass is 9.86. The van der Waals surface area contributed by atoms with Crippen LogP contribution in [0.4, 0.5) is 8.78 Å². The molecule has 0 fully saturated rings. The third-order valence-corrected chi connectivity index (χ3v) is 6.94. The van der Waals surface area contributed by atoms with Crippen LogP contribution in [0, 0.1) is 5.41 Å². The second-order valence-electron chi connectivity index (χ2n) is 8.02. The zero-order valence-corrected chi connectivity index (χ0v) is 18.0. The van der Waals surface area contributed by atoms with Crippen LogP contribution in [0.2, 0.25) is 19.6 Å². The van der Waals surface area contributed by atoms with E-state index in [9.17, 15) is 13.6 Å². The third-order valence-electron chi connectivity index (χ3n) is 4.03.